The molecule has 1 atom stereocenters. The van der Waals surface area contributed by atoms with Gasteiger partial charge in [0.25, 0.3) is 5.91 Å². The summed E-state index contributed by atoms with van der Waals surface area (Å²) in [5, 5.41) is 1.72. The maximum absolute atomic E-state index is 12.0. The fourth-order valence-electron chi connectivity index (χ4n) is 2.62. The summed E-state index contributed by atoms with van der Waals surface area (Å²) in [6.07, 6.45) is -4.09. The highest BCUT2D eigenvalue weighted by atomic mass is 19.4. The average Bonchev–Trinajstić information content (AvgIpc) is 2.71. The first-order valence-corrected chi connectivity index (χ1v) is 6.82. The Hall–Kier alpha value is -2.05. The van der Waals surface area contributed by atoms with Gasteiger partial charge in [0.05, 0.1) is 5.56 Å². The molecule has 0 fully saturated rings. The molecule has 1 N–H and O–H groups in total. The fraction of sp³-hybridized carbons (Fsp3) is 0.467. The van der Waals surface area contributed by atoms with E-state index >= 15 is 0 Å². The van der Waals surface area contributed by atoms with Crippen molar-refractivity contribution in [3.05, 3.63) is 28.8 Å². The van der Waals surface area contributed by atoms with Crippen molar-refractivity contribution in [3.8, 4) is 5.75 Å². The SMILES string of the molecule is Cc1ccc(OCC(=O)NCC(F)(F)F)c2c1[C@@H](C)CC2=O. The second-order valence-electron chi connectivity index (χ2n) is 5.38. The topological polar surface area (TPSA) is 55.4 Å². The summed E-state index contributed by atoms with van der Waals surface area (Å²) in [6, 6.07) is 3.35. The molecule has 0 saturated carbocycles. The quantitative estimate of drug-likeness (QED) is 0.929. The number of hydrogen-bond donors (Lipinski definition) is 1. The minimum atomic E-state index is -4.47. The Kier molecular flexibility index (Phi) is 4.44. The van der Waals surface area contributed by atoms with E-state index < -0.39 is 25.2 Å². The first kappa shape index (κ1) is 16.3. The zero-order chi connectivity index (χ0) is 16.5. The number of ketones is 1. The van der Waals surface area contributed by atoms with Gasteiger partial charge in [-0.05, 0) is 30.0 Å². The third-order valence-electron chi connectivity index (χ3n) is 3.53. The van der Waals surface area contributed by atoms with Crippen LogP contribution in [0, 0.1) is 6.92 Å². The van der Waals surface area contributed by atoms with Crippen LogP contribution < -0.4 is 10.1 Å². The van der Waals surface area contributed by atoms with E-state index in [1.807, 2.05) is 13.8 Å². The van der Waals surface area contributed by atoms with Crippen LogP contribution in [0.25, 0.3) is 0 Å². The number of aryl methyl sites for hydroxylation is 1. The van der Waals surface area contributed by atoms with E-state index in [4.69, 9.17) is 4.74 Å². The molecule has 1 aliphatic carbocycles. The Labute approximate surface area is 125 Å². The number of fused-ring (bicyclic) bond motifs is 1. The molecule has 120 valence electrons. The van der Waals surface area contributed by atoms with Crippen molar-refractivity contribution in [2.75, 3.05) is 13.2 Å². The second kappa shape index (κ2) is 5.98. The van der Waals surface area contributed by atoms with Gasteiger partial charge < -0.3 is 10.1 Å². The summed E-state index contributed by atoms with van der Waals surface area (Å²) in [4.78, 5) is 23.4. The van der Waals surface area contributed by atoms with Crippen molar-refractivity contribution < 1.29 is 27.5 Å². The molecule has 0 unspecified atom stereocenters. The van der Waals surface area contributed by atoms with E-state index in [0.717, 1.165) is 11.1 Å². The molecule has 0 spiro atoms. The number of hydrogen-bond acceptors (Lipinski definition) is 3. The highest BCUT2D eigenvalue weighted by Crippen LogP contribution is 2.40. The Bertz CT molecular complexity index is 611. The van der Waals surface area contributed by atoms with Crippen molar-refractivity contribution >= 4 is 11.7 Å². The van der Waals surface area contributed by atoms with Crippen molar-refractivity contribution in [2.24, 2.45) is 0 Å². The van der Waals surface area contributed by atoms with Crippen molar-refractivity contribution in [1.82, 2.24) is 5.32 Å². The van der Waals surface area contributed by atoms with E-state index in [2.05, 4.69) is 0 Å². The Balaban J connectivity index is 2.06. The lowest BCUT2D eigenvalue weighted by Crippen LogP contribution is -2.36. The third kappa shape index (κ3) is 3.58. The van der Waals surface area contributed by atoms with Crippen LogP contribution in [0.15, 0.2) is 12.1 Å². The molecule has 2 rings (SSSR count). The molecule has 1 amide bonds. The highest BCUT2D eigenvalue weighted by molar-refractivity contribution is 6.04. The van der Waals surface area contributed by atoms with Crippen LogP contribution in [0.4, 0.5) is 13.2 Å². The van der Waals surface area contributed by atoms with Crippen molar-refractivity contribution in [3.63, 3.8) is 0 Å². The van der Waals surface area contributed by atoms with Gasteiger partial charge in [-0.2, -0.15) is 13.2 Å². The van der Waals surface area contributed by atoms with E-state index in [9.17, 15) is 22.8 Å². The molecule has 0 aromatic heterocycles. The smallest absolute Gasteiger partial charge is 0.405 e. The molecule has 1 aromatic rings. The minimum absolute atomic E-state index is 0.0723. The van der Waals surface area contributed by atoms with Gasteiger partial charge in [0, 0.05) is 6.42 Å². The lowest BCUT2D eigenvalue weighted by Gasteiger charge is -2.13. The summed E-state index contributed by atoms with van der Waals surface area (Å²) in [5.41, 5.74) is 2.29. The normalized spacial score (nSPS) is 17.3. The highest BCUT2D eigenvalue weighted by Gasteiger charge is 2.31. The Morgan fingerprint density at radius 2 is 2.09 bits per heavy atom. The minimum Gasteiger partial charge on any atom is -0.483 e. The molecular weight excluding hydrogens is 299 g/mol. The monoisotopic (exact) mass is 315 g/mol. The number of alkyl halides is 3. The van der Waals surface area contributed by atoms with Crippen molar-refractivity contribution in [1.29, 1.82) is 0 Å². The van der Waals surface area contributed by atoms with E-state index in [0.29, 0.717) is 12.0 Å². The zero-order valence-corrected chi connectivity index (χ0v) is 12.2. The molecule has 1 aliphatic rings. The van der Waals surface area contributed by atoms with Gasteiger partial charge in [0.15, 0.2) is 12.4 Å². The van der Waals surface area contributed by atoms with Crippen LogP contribution >= 0.6 is 0 Å². The number of rotatable bonds is 4. The van der Waals surface area contributed by atoms with Crippen molar-refractivity contribution in [2.45, 2.75) is 32.4 Å². The Morgan fingerprint density at radius 1 is 1.41 bits per heavy atom. The summed E-state index contributed by atoms with van der Waals surface area (Å²) in [7, 11) is 0. The standard InChI is InChI=1S/C15H16F3NO3/c1-8-3-4-11(14-10(20)5-9(2)13(8)14)22-6-12(21)19-7-15(16,17)18/h3-4,9H,5-7H2,1-2H3,(H,19,21)/t9-/m0/s1. The van der Waals surface area contributed by atoms with Crippen LogP contribution in [-0.4, -0.2) is 31.0 Å². The van der Waals surface area contributed by atoms with E-state index in [1.54, 1.807) is 17.4 Å². The molecule has 0 bridgehead atoms. The van der Waals surface area contributed by atoms with E-state index in [-0.39, 0.29) is 17.5 Å². The predicted molar refractivity (Wildman–Crippen MR) is 73.1 cm³/mol. The van der Waals surface area contributed by atoms with Gasteiger partial charge in [-0.25, -0.2) is 0 Å². The lowest BCUT2D eigenvalue weighted by atomic mass is 9.97. The maximum Gasteiger partial charge on any atom is 0.405 e. The average molecular weight is 315 g/mol. The molecule has 0 saturated heterocycles. The second-order valence-corrected chi connectivity index (χ2v) is 5.38. The number of carbonyl (C=O) groups is 2. The van der Waals surface area contributed by atoms with E-state index in [1.165, 1.54) is 0 Å². The molecule has 22 heavy (non-hydrogen) atoms. The molecule has 1 aromatic carbocycles. The predicted octanol–water partition coefficient (Wildman–Crippen LogP) is 2.74. The Morgan fingerprint density at radius 3 is 2.73 bits per heavy atom. The van der Waals surface area contributed by atoms with Crippen LogP contribution in [0.5, 0.6) is 5.75 Å². The number of carbonyl (C=O) groups excluding carboxylic acids is 2. The summed E-state index contributed by atoms with van der Waals surface area (Å²) in [5.74, 6) is -0.635. The molecule has 0 heterocycles. The largest absolute Gasteiger partial charge is 0.483 e. The van der Waals surface area contributed by atoms with Crippen LogP contribution in [0.3, 0.4) is 0 Å². The van der Waals surface area contributed by atoms with Gasteiger partial charge in [-0.1, -0.05) is 13.0 Å². The van der Waals surface area contributed by atoms with Gasteiger partial charge in [0.1, 0.15) is 12.3 Å². The van der Waals surface area contributed by atoms with Crippen LogP contribution in [-0.2, 0) is 4.79 Å². The number of benzene rings is 1. The first-order chi connectivity index (χ1) is 10.2. The summed E-state index contributed by atoms with van der Waals surface area (Å²) < 4.78 is 41.2. The number of ether oxygens (including phenoxy) is 1. The molecule has 4 nitrogen and oxygen atoms in total. The fourth-order valence-corrected chi connectivity index (χ4v) is 2.62. The summed E-state index contributed by atoms with van der Waals surface area (Å²) >= 11 is 0. The van der Waals surface area contributed by atoms with Crippen LogP contribution in [0.1, 0.15) is 40.7 Å². The molecular formula is C15H16F3NO3. The number of amides is 1. The maximum atomic E-state index is 12.0. The van der Waals surface area contributed by atoms with Gasteiger partial charge in [-0.3, -0.25) is 9.59 Å². The van der Waals surface area contributed by atoms with Gasteiger partial charge >= 0.3 is 6.18 Å². The molecule has 0 aliphatic heterocycles. The van der Waals surface area contributed by atoms with Crippen LogP contribution in [0.2, 0.25) is 0 Å². The summed E-state index contributed by atoms with van der Waals surface area (Å²) in [6.45, 7) is 1.84. The zero-order valence-electron chi connectivity index (χ0n) is 12.2. The van der Waals surface area contributed by atoms with Gasteiger partial charge in [-0.15, -0.1) is 0 Å². The number of nitrogens with one attached hydrogen (secondary N) is 1. The molecule has 0 radical (unpaired) electrons. The lowest BCUT2D eigenvalue weighted by molar-refractivity contribution is -0.139. The molecule has 7 heteroatoms. The number of halogens is 3. The van der Waals surface area contributed by atoms with Gasteiger partial charge in [0.2, 0.25) is 0 Å². The first-order valence-electron chi connectivity index (χ1n) is 6.82. The number of Topliss-reactive ketones (excluding diaryl/α,β-unsaturated/α-hetero) is 1. The third-order valence-corrected chi connectivity index (χ3v) is 3.53.